The van der Waals surface area contributed by atoms with E-state index in [-0.39, 0.29) is 18.0 Å². The molecule has 1 unspecified atom stereocenters. The van der Waals surface area contributed by atoms with Crippen LogP contribution in [0.5, 0.6) is 0 Å². The second-order valence-corrected chi connectivity index (χ2v) is 5.46. The topological polar surface area (TPSA) is 41.1 Å². The molecule has 0 bridgehead atoms. The van der Waals surface area contributed by atoms with Crippen LogP contribution in [0.3, 0.4) is 0 Å². The summed E-state index contributed by atoms with van der Waals surface area (Å²) in [5, 5.41) is 8.24. The fraction of sp³-hybridized carbons (Fsp3) is 0.267. The quantitative estimate of drug-likeness (QED) is 0.877. The van der Waals surface area contributed by atoms with E-state index in [1.807, 2.05) is 48.7 Å². The van der Waals surface area contributed by atoms with Gasteiger partial charge in [-0.25, -0.2) is 0 Å². The van der Waals surface area contributed by atoms with Gasteiger partial charge in [-0.1, -0.05) is 24.3 Å². The molecule has 2 atom stereocenters. The minimum Gasteiger partial charge on any atom is -0.325 e. The summed E-state index contributed by atoms with van der Waals surface area (Å²) in [6, 6.07) is 13.5. The van der Waals surface area contributed by atoms with E-state index in [0.29, 0.717) is 0 Å². The predicted octanol–water partition coefficient (Wildman–Crippen LogP) is 3.43. The van der Waals surface area contributed by atoms with E-state index in [1.54, 1.807) is 11.3 Å². The third kappa shape index (κ3) is 3.91. The fourth-order valence-electron chi connectivity index (χ4n) is 1.84. The Morgan fingerprint density at radius 3 is 2.47 bits per heavy atom. The van der Waals surface area contributed by atoms with Crippen molar-refractivity contribution in [3.05, 3.63) is 52.7 Å². The van der Waals surface area contributed by atoms with E-state index in [1.165, 1.54) is 4.88 Å². The number of rotatable bonds is 5. The summed E-state index contributed by atoms with van der Waals surface area (Å²) in [5.74, 6) is -0.0189. The van der Waals surface area contributed by atoms with Crippen LogP contribution in [0.4, 0.5) is 5.69 Å². The SMILES string of the molecule is CC(N[C@@H](C)c1cccs1)C(=O)Nc1ccccc1. The fourth-order valence-corrected chi connectivity index (χ4v) is 2.59. The summed E-state index contributed by atoms with van der Waals surface area (Å²) in [7, 11) is 0. The number of hydrogen-bond donors (Lipinski definition) is 2. The highest BCUT2D eigenvalue weighted by Gasteiger charge is 2.16. The van der Waals surface area contributed by atoms with Gasteiger partial charge in [0.2, 0.25) is 5.91 Å². The molecule has 4 heteroatoms. The van der Waals surface area contributed by atoms with Crippen LogP contribution in [-0.4, -0.2) is 11.9 Å². The average molecular weight is 274 g/mol. The van der Waals surface area contributed by atoms with Crippen molar-refractivity contribution >= 4 is 22.9 Å². The highest BCUT2D eigenvalue weighted by Crippen LogP contribution is 2.18. The van der Waals surface area contributed by atoms with E-state index in [2.05, 4.69) is 23.6 Å². The van der Waals surface area contributed by atoms with Crippen LogP contribution in [0.1, 0.15) is 24.8 Å². The van der Waals surface area contributed by atoms with Crippen molar-refractivity contribution in [3.8, 4) is 0 Å². The molecule has 2 aromatic rings. The Morgan fingerprint density at radius 1 is 1.11 bits per heavy atom. The summed E-state index contributed by atoms with van der Waals surface area (Å²) in [6.45, 7) is 3.94. The summed E-state index contributed by atoms with van der Waals surface area (Å²) in [4.78, 5) is 13.3. The lowest BCUT2D eigenvalue weighted by Gasteiger charge is -2.18. The number of anilines is 1. The van der Waals surface area contributed by atoms with Crippen LogP contribution >= 0.6 is 11.3 Å². The zero-order valence-electron chi connectivity index (χ0n) is 11.1. The second kappa shape index (κ2) is 6.50. The van der Waals surface area contributed by atoms with Gasteiger partial charge in [-0.2, -0.15) is 0 Å². The number of nitrogens with one attached hydrogen (secondary N) is 2. The molecule has 0 aliphatic carbocycles. The molecule has 2 rings (SSSR count). The van der Waals surface area contributed by atoms with Gasteiger partial charge in [-0.05, 0) is 37.4 Å². The van der Waals surface area contributed by atoms with Crippen LogP contribution in [0.25, 0.3) is 0 Å². The average Bonchev–Trinajstić information content (AvgIpc) is 2.93. The summed E-state index contributed by atoms with van der Waals surface area (Å²) < 4.78 is 0. The van der Waals surface area contributed by atoms with Crippen molar-refractivity contribution in [2.45, 2.75) is 25.9 Å². The van der Waals surface area contributed by atoms with Crippen molar-refractivity contribution in [2.24, 2.45) is 0 Å². The molecule has 19 heavy (non-hydrogen) atoms. The Balaban J connectivity index is 1.89. The van der Waals surface area contributed by atoms with Crippen molar-refractivity contribution in [1.82, 2.24) is 5.32 Å². The first-order valence-corrected chi connectivity index (χ1v) is 7.20. The predicted molar refractivity (Wildman–Crippen MR) is 80.4 cm³/mol. The first kappa shape index (κ1) is 13.8. The lowest BCUT2D eigenvalue weighted by Crippen LogP contribution is -2.39. The molecule has 0 aliphatic rings. The molecule has 1 aromatic carbocycles. The van der Waals surface area contributed by atoms with Gasteiger partial charge in [-0.3, -0.25) is 10.1 Å². The first-order chi connectivity index (χ1) is 9.16. The number of benzene rings is 1. The highest BCUT2D eigenvalue weighted by atomic mass is 32.1. The molecule has 2 N–H and O–H groups in total. The van der Waals surface area contributed by atoms with Gasteiger partial charge >= 0.3 is 0 Å². The van der Waals surface area contributed by atoms with E-state index >= 15 is 0 Å². The van der Waals surface area contributed by atoms with Crippen LogP contribution < -0.4 is 10.6 Å². The van der Waals surface area contributed by atoms with E-state index in [0.717, 1.165) is 5.69 Å². The number of para-hydroxylation sites is 1. The van der Waals surface area contributed by atoms with Gasteiger partial charge in [0.15, 0.2) is 0 Å². The lowest BCUT2D eigenvalue weighted by molar-refractivity contribution is -0.117. The van der Waals surface area contributed by atoms with Gasteiger partial charge in [-0.15, -0.1) is 11.3 Å². The molecule has 1 amide bonds. The molecule has 0 aliphatic heterocycles. The summed E-state index contributed by atoms with van der Waals surface area (Å²) in [5.41, 5.74) is 0.824. The molecule has 0 saturated heterocycles. The van der Waals surface area contributed by atoms with E-state index < -0.39 is 0 Å². The van der Waals surface area contributed by atoms with Crippen molar-refractivity contribution in [2.75, 3.05) is 5.32 Å². The zero-order valence-corrected chi connectivity index (χ0v) is 11.9. The molecule has 0 spiro atoms. The standard InChI is InChI=1S/C15H18N2OS/c1-11(14-9-6-10-19-14)16-12(2)15(18)17-13-7-4-3-5-8-13/h3-12,16H,1-2H3,(H,17,18)/t11-,12?/m0/s1. The van der Waals surface area contributed by atoms with Crippen molar-refractivity contribution in [3.63, 3.8) is 0 Å². The molecule has 100 valence electrons. The van der Waals surface area contributed by atoms with Crippen LogP contribution in [0, 0.1) is 0 Å². The Hall–Kier alpha value is -1.65. The van der Waals surface area contributed by atoms with Crippen molar-refractivity contribution in [1.29, 1.82) is 0 Å². The number of thiophene rings is 1. The van der Waals surface area contributed by atoms with Gasteiger partial charge in [0.1, 0.15) is 0 Å². The number of hydrogen-bond acceptors (Lipinski definition) is 3. The van der Waals surface area contributed by atoms with Gasteiger partial charge in [0.05, 0.1) is 6.04 Å². The van der Waals surface area contributed by atoms with Crippen molar-refractivity contribution < 1.29 is 4.79 Å². The van der Waals surface area contributed by atoms with Crippen LogP contribution in [0.15, 0.2) is 47.8 Å². The molecule has 1 aromatic heterocycles. The number of carbonyl (C=O) groups is 1. The third-order valence-electron chi connectivity index (χ3n) is 2.90. The third-order valence-corrected chi connectivity index (χ3v) is 3.96. The highest BCUT2D eigenvalue weighted by molar-refractivity contribution is 7.10. The molecule has 0 radical (unpaired) electrons. The smallest absolute Gasteiger partial charge is 0.241 e. The first-order valence-electron chi connectivity index (χ1n) is 6.32. The number of carbonyl (C=O) groups excluding carboxylic acids is 1. The van der Waals surface area contributed by atoms with Gasteiger partial charge < -0.3 is 5.32 Å². The monoisotopic (exact) mass is 274 g/mol. The van der Waals surface area contributed by atoms with E-state index in [9.17, 15) is 4.79 Å². The van der Waals surface area contributed by atoms with Crippen LogP contribution in [0.2, 0.25) is 0 Å². The maximum absolute atomic E-state index is 12.0. The maximum Gasteiger partial charge on any atom is 0.241 e. The maximum atomic E-state index is 12.0. The Kier molecular flexibility index (Phi) is 4.71. The lowest BCUT2D eigenvalue weighted by atomic mass is 10.2. The number of amides is 1. The Morgan fingerprint density at radius 2 is 1.84 bits per heavy atom. The summed E-state index contributed by atoms with van der Waals surface area (Å²) >= 11 is 1.69. The Labute approximate surface area is 117 Å². The molecule has 1 heterocycles. The van der Waals surface area contributed by atoms with Gasteiger partial charge in [0, 0.05) is 16.6 Å². The molecular formula is C15H18N2OS. The molecule has 3 nitrogen and oxygen atoms in total. The minimum absolute atomic E-state index is 0.0189. The second-order valence-electron chi connectivity index (χ2n) is 4.48. The molecular weight excluding hydrogens is 256 g/mol. The largest absolute Gasteiger partial charge is 0.325 e. The summed E-state index contributed by atoms with van der Waals surface area (Å²) in [6.07, 6.45) is 0. The Bertz CT molecular complexity index is 510. The minimum atomic E-state index is -0.239. The molecule has 0 saturated carbocycles. The van der Waals surface area contributed by atoms with Crippen LogP contribution in [-0.2, 0) is 4.79 Å². The normalized spacial score (nSPS) is 13.8. The van der Waals surface area contributed by atoms with E-state index in [4.69, 9.17) is 0 Å². The molecule has 0 fully saturated rings. The zero-order chi connectivity index (χ0) is 13.7. The van der Waals surface area contributed by atoms with Gasteiger partial charge in [0.25, 0.3) is 0 Å².